The first kappa shape index (κ1) is 12.9. The molecule has 0 aromatic heterocycles. The van der Waals surface area contributed by atoms with Crippen molar-refractivity contribution in [2.45, 2.75) is 38.4 Å². The lowest BCUT2D eigenvalue weighted by atomic mass is 10.1. The van der Waals surface area contributed by atoms with Crippen LogP contribution in [0.1, 0.15) is 37.0 Å². The Labute approximate surface area is 107 Å². The van der Waals surface area contributed by atoms with Crippen LogP contribution in [0.5, 0.6) is 5.75 Å². The molecule has 1 aromatic rings. The molecule has 4 nitrogen and oxygen atoms in total. The number of hydrogen-bond acceptors (Lipinski definition) is 3. The van der Waals surface area contributed by atoms with Gasteiger partial charge in [-0.1, -0.05) is 6.07 Å². The summed E-state index contributed by atoms with van der Waals surface area (Å²) in [4.78, 5) is 10.8. The molecule has 1 N–H and O–H groups in total. The Morgan fingerprint density at radius 2 is 2.33 bits per heavy atom. The molecule has 1 atom stereocenters. The first-order valence-electron chi connectivity index (χ1n) is 6.10. The lowest BCUT2D eigenvalue weighted by Gasteiger charge is -2.19. The molecular weight excluding hydrogens is 232 g/mol. The van der Waals surface area contributed by atoms with E-state index in [9.17, 15) is 4.79 Å². The second-order valence-corrected chi connectivity index (χ2v) is 5.18. The van der Waals surface area contributed by atoms with Crippen LogP contribution in [0.4, 0.5) is 0 Å². The molecule has 0 spiro atoms. The average molecular weight is 250 g/mol. The molecule has 1 fully saturated rings. The van der Waals surface area contributed by atoms with Gasteiger partial charge in [0.2, 0.25) is 0 Å². The zero-order valence-electron chi connectivity index (χ0n) is 10.7. The summed E-state index contributed by atoms with van der Waals surface area (Å²) in [5.74, 6) is -0.373. The molecule has 1 unspecified atom stereocenters. The van der Waals surface area contributed by atoms with Crippen LogP contribution in [0.25, 0.3) is 0 Å². The van der Waals surface area contributed by atoms with Crippen molar-refractivity contribution in [3.63, 3.8) is 0 Å². The number of benzene rings is 1. The zero-order chi connectivity index (χ0) is 13.2. The number of carboxylic acid groups (broad SMARTS) is 1. The fourth-order valence-electron chi connectivity index (χ4n) is 2.10. The number of carboxylic acids is 1. The first-order chi connectivity index (χ1) is 8.46. The largest absolute Gasteiger partial charge is 0.491 e. The molecule has 1 heterocycles. The Kier molecular flexibility index (Phi) is 3.57. The van der Waals surface area contributed by atoms with Gasteiger partial charge in [-0.2, -0.15) is 0 Å². The van der Waals surface area contributed by atoms with Crippen molar-refractivity contribution in [2.24, 2.45) is 0 Å². The van der Waals surface area contributed by atoms with Crippen LogP contribution in [0, 0.1) is 0 Å². The SMILES string of the molecule is CC1(C)CCC(COc2cccc(C(=O)O)c2)O1. The predicted molar refractivity (Wildman–Crippen MR) is 67.1 cm³/mol. The highest BCUT2D eigenvalue weighted by Crippen LogP contribution is 2.29. The van der Waals surface area contributed by atoms with E-state index in [1.807, 2.05) is 0 Å². The summed E-state index contributed by atoms with van der Waals surface area (Å²) < 4.78 is 11.4. The Balaban J connectivity index is 1.91. The maximum absolute atomic E-state index is 10.8. The van der Waals surface area contributed by atoms with Gasteiger partial charge in [-0.05, 0) is 44.9 Å². The summed E-state index contributed by atoms with van der Waals surface area (Å²) in [5.41, 5.74) is 0.164. The normalized spacial score (nSPS) is 21.8. The fraction of sp³-hybridized carbons (Fsp3) is 0.500. The second kappa shape index (κ2) is 4.98. The van der Waals surface area contributed by atoms with Gasteiger partial charge in [0, 0.05) is 0 Å². The van der Waals surface area contributed by atoms with E-state index in [1.54, 1.807) is 18.2 Å². The van der Waals surface area contributed by atoms with Crippen LogP contribution in [-0.4, -0.2) is 29.4 Å². The van der Waals surface area contributed by atoms with Crippen molar-refractivity contribution in [2.75, 3.05) is 6.61 Å². The molecule has 1 aromatic carbocycles. The minimum atomic E-state index is -0.946. The number of hydrogen-bond donors (Lipinski definition) is 1. The van der Waals surface area contributed by atoms with E-state index in [1.165, 1.54) is 6.07 Å². The predicted octanol–water partition coefficient (Wildman–Crippen LogP) is 2.72. The average Bonchev–Trinajstić information content (AvgIpc) is 2.67. The molecule has 0 aliphatic carbocycles. The molecule has 4 heteroatoms. The molecule has 1 aliphatic heterocycles. The fourth-order valence-corrected chi connectivity index (χ4v) is 2.10. The van der Waals surface area contributed by atoms with E-state index in [4.69, 9.17) is 14.6 Å². The van der Waals surface area contributed by atoms with E-state index in [2.05, 4.69) is 13.8 Å². The van der Waals surface area contributed by atoms with Gasteiger partial charge in [0.25, 0.3) is 0 Å². The molecule has 0 radical (unpaired) electrons. The summed E-state index contributed by atoms with van der Waals surface area (Å²) in [6, 6.07) is 6.51. The van der Waals surface area contributed by atoms with Crippen LogP contribution in [0.15, 0.2) is 24.3 Å². The molecule has 18 heavy (non-hydrogen) atoms. The molecule has 98 valence electrons. The lowest BCUT2D eigenvalue weighted by Crippen LogP contribution is -2.23. The quantitative estimate of drug-likeness (QED) is 0.892. The minimum Gasteiger partial charge on any atom is -0.491 e. The molecule has 0 amide bonds. The molecule has 0 bridgehead atoms. The van der Waals surface area contributed by atoms with Crippen LogP contribution < -0.4 is 4.74 Å². The molecule has 0 saturated carbocycles. The van der Waals surface area contributed by atoms with Gasteiger partial charge in [0.1, 0.15) is 12.4 Å². The van der Waals surface area contributed by atoms with Crippen LogP contribution in [-0.2, 0) is 4.74 Å². The van der Waals surface area contributed by atoms with Crippen molar-refractivity contribution < 1.29 is 19.4 Å². The van der Waals surface area contributed by atoms with Crippen LogP contribution >= 0.6 is 0 Å². The van der Waals surface area contributed by atoms with Crippen LogP contribution in [0.2, 0.25) is 0 Å². The molecule has 1 aliphatic rings. The van der Waals surface area contributed by atoms with E-state index in [0.717, 1.165) is 12.8 Å². The Morgan fingerprint density at radius 3 is 2.94 bits per heavy atom. The number of carbonyl (C=O) groups is 1. The second-order valence-electron chi connectivity index (χ2n) is 5.18. The maximum Gasteiger partial charge on any atom is 0.335 e. The van der Waals surface area contributed by atoms with Gasteiger partial charge in [0.15, 0.2) is 0 Å². The van der Waals surface area contributed by atoms with Gasteiger partial charge in [0.05, 0.1) is 17.3 Å². The maximum atomic E-state index is 10.8. The lowest BCUT2D eigenvalue weighted by molar-refractivity contribution is -0.0326. The molecule has 2 rings (SSSR count). The van der Waals surface area contributed by atoms with Gasteiger partial charge in [-0.15, -0.1) is 0 Å². The van der Waals surface area contributed by atoms with Crippen molar-refractivity contribution in [3.8, 4) is 5.75 Å². The third-order valence-electron chi connectivity index (χ3n) is 3.07. The Hall–Kier alpha value is -1.55. The highest BCUT2D eigenvalue weighted by Gasteiger charge is 2.31. The summed E-state index contributed by atoms with van der Waals surface area (Å²) >= 11 is 0. The van der Waals surface area contributed by atoms with Gasteiger partial charge in [-0.3, -0.25) is 0 Å². The first-order valence-corrected chi connectivity index (χ1v) is 6.10. The van der Waals surface area contributed by atoms with Crippen molar-refractivity contribution in [1.82, 2.24) is 0 Å². The van der Waals surface area contributed by atoms with E-state index >= 15 is 0 Å². The standard InChI is InChI=1S/C14H18O4/c1-14(2)7-6-12(18-14)9-17-11-5-3-4-10(8-11)13(15)16/h3-5,8,12H,6-7,9H2,1-2H3,(H,15,16). The zero-order valence-corrected chi connectivity index (χ0v) is 10.7. The van der Waals surface area contributed by atoms with E-state index in [-0.39, 0.29) is 17.3 Å². The van der Waals surface area contributed by atoms with Gasteiger partial charge < -0.3 is 14.6 Å². The monoisotopic (exact) mass is 250 g/mol. The van der Waals surface area contributed by atoms with Gasteiger partial charge >= 0.3 is 5.97 Å². The van der Waals surface area contributed by atoms with Crippen molar-refractivity contribution in [3.05, 3.63) is 29.8 Å². The minimum absolute atomic E-state index is 0.0725. The van der Waals surface area contributed by atoms with Crippen molar-refractivity contribution >= 4 is 5.97 Å². The van der Waals surface area contributed by atoms with Crippen LogP contribution in [0.3, 0.4) is 0 Å². The Bertz CT molecular complexity index is 439. The highest BCUT2D eigenvalue weighted by molar-refractivity contribution is 5.87. The number of ether oxygens (including phenoxy) is 2. The highest BCUT2D eigenvalue weighted by atomic mass is 16.6. The Morgan fingerprint density at radius 1 is 1.56 bits per heavy atom. The third kappa shape index (κ3) is 3.23. The number of rotatable bonds is 4. The van der Waals surface area contributed by atoms with E-state index < -0.39 is 5.97 Å². The van der Waals surface area contributed by atoms with E-state index in [0.29, 0.717) is 12.4 Å². The van der Waals surface area contributed by atoms with Gasteiger partial charge in [-0.25, -0.2) is 4.79 Å². The topological polar surface area (TPSA) is 55.8 Å². The number of aromatic carboxylic acids is 1. The summed E-state index contributed by atoms with van der Waals surface area (Å²) in [6.07, 6.45) is 2.09. The smallest absolute Gasteiger partial charge is 0.335 e. The molecular formula is C14H18O4. The van der Waals surface area contributed by atoms with Crippen molar-refractivity contribution in [1.29, 1.82) is 0 Å². The molecule has 1 saturated heterocycles. The summed E-state index contributed by atoms with van der Waals surface area (Å²) in [6.45, 7) is 4.60. The summed E-state index contributed by atoms with van der Waals surface area (Å²) in [5, 5.41) is 8.88. The third-order valence-corrected chi connectivity index (χ3v) is 3.07. The summed E-state index contributed by atoms with van der Waals surface area (Å²) in [7, 11) is 0.